The van der Waals surface area contributed by atoms with Crippen molar-refractivity contribution in [2.75, 3.05) is 22.6 Å². The number of nitrogens with one attached hydrogen (secondary N) is 2. The normalized spacial score (nSPS) is 18.0. The monoisotopic (exact) mass is 471 g/mol. The molecule has 1 saturated carbocycles. The Kier molecular flexibility index (Phi) is 5.41. The van der Waals surface area contributed by atoms with E-state index in [4.69, 9.17) is 0 Å². The van der Waals surface area contributed by atoms with Gasteiger partial charge in [0.15, 0.2) is 0 Å². The van der Waals surface area contributed by atoms with E-state index in [1.165, 1.54) is 12.3 Å². The zero-order chi connectivity index (χ0) is 24.0. The summed E-state index contributed by atoms with van der Waals surface area (Å²) in [4.78, 5) is 22.6. The number of halogens is 3. The standard InChI is InChI=1S/C23H24F3N7O/c1-13-20-17(32(2)21(16-4-5-16)22(34)31-20)7-19(30-13)28-9-15-10-29-33(12-15)11-14-3-6-18(27-8-14)23(24,25)26/h3,6-8,10,12,16,21H,4-5,9,11H2,1-2H3,(H,28,30)(H,31,34). The minimum absolute atomic E-state index is 0.0266. The third-order valence-corrected chi connectivity index (χ3v) is 6.18. The van der Waals surface area contributed by atoms with E-state index in [2.05, 4.69) is 25.7 Å². The van der Waals surface area contributed by atoms with E-state index in [0.717, 1.165) is 41.5 Å². The molecule has 178 valence electrons. The Balaban J connectivity index is 1.25. The van der Waals surface area contributed by atoms with Crippen LogP contribution in [-0.2, 0) is 24.1 Å². The van der Waals surface area contributed by atoms with Crippen molar-refractivity contribution in [1.29, 1.82) is 0 Å². The van der Waals surface area contributed by atoms with Gasteiger partial charge in [-0.2, -0.15) is 18.3 Å². The maximum atomic E-state index is 12.7. The SMILES string of the molecule is Cc1nc(NCc2cnn(Cc3ccc(C(F)(F)F)nc3)c2)cc2c1NC(=O)C(C1CC1)N2C. The fourth-order valence-electron chi connectivity index (χ4n) is 4.29. The summed E-state index contributed by atoms with van der Waals surface area (Å²) in [6.07, 6.45) is 2.42. The van der Waals surface area contributed by atoms with Crippen LogP contribution < -0.4 is 15.5 Å². The Labute approximate surface area is 194 Å². The number of alkyl halides is 3. The highest BCUT2D eigenvalue weighted by Gasteiger charge is 2.42. The van der Waals surface area contributed by atoms with Crippen molar-refractivity contribution in [3.8, 4) is 0 Å². The molecule has 0 bridgehead atoms. The predicted molar refractivity (Wildman–Crippen MR) is 120 cm³/mol. The Morgan fingerprint density at radius 1 is 1.21 bits per heavy atom. The Morgan fingerprint density at radius 2 is 2.00 bits per heavy atom. The summed E-state index contributed by atoms with van der Waals surface area (Å²) in [6.45, 7) is 2.65. The summed E-state index contributed by atoms with van der Waals surface area (Å²) in [5, 5.41) is 10.6. The lowest BCUT2D eigenvalue weighted by Crippen LogP contribution is -2.47. The highest BCUT2D eigenvalue weighted by atomic mass is 19.4. The molecule has 0 spiro atoms. The van der Waals surface area contributed by atoms with E-state index in [0.29, 0.717) is 30.4 Å². The highest BCUT2D eigenvalue weighted by Crippen LogP contribution is 2.43. The van der Waals surface area contributed by atoms with E-state index in [-0.39, 0.29) is 11.9 Å². The second-order valence-corrected chi connectivity index (χ2v) is 8.82. The van der Waals surface area contributed by atoms with Crippen molar-refractivity contribution >= 4 is 23.1 Å². The number of carbonyl (C=O) groups excluding carboxylic acids is 1. The summed E-state index contributed by atoms with van der Waals surface area (Å²) in [6, 6.07) is 4.16. The Hall–Kier alpha value is -3.63. The average molecular weight is 471 g/mol. The van der Waals surface area contributed by atoms with Crippen LogP contribution in [0.15, 0.2) is 36.8 Å². The molecule has 8 nitrogen and oxygen atoms in total. The minimum Gasteiger partial charge on any atom is -0.366 e. The maximum absolute atomic E-state index is 12.7. The van der Waals surface area contributed by atoms with Crippen molar-refractivity contribution in [1.82, 2.24) is 19.7 Å². The number of amides is 1. The number of aryl methyl sites for hydroxylation is 1. The first-order valence-corrected chi connectivity index (χ1v) is 11.0. The van der Waals surface area contributed by atoms with Gasteiger partial charge in [0.1, 0.15) is 17.6 Å². The fourth-order valence-corrected chi connectivity index (χ4v) is 4.29. The number of rotatable bonds is 6. The van der Waals surface area contributed by atoms with Crippen LogP contribution in [0.25, 0.3) is 0 Å². The number of fused-ring (bicyclic) bond motifs is 1. The number of aromatic nitrogens is 4. The van der Waals surface area contributed by atoms with Crippen LogP contribution in [0.5, 0.6) is 0 Å². The molecule has 1 atom stereocenters. The summed E-state index contributed by atoms with van der Waals surface area (Å²) in [5.74, 6) is 1.11. The van der Waals surface area contributed by atoms with Crippen LogP contribution in [0.2, 0.25) is 0 Å². The second kappa shape index (κ2) is 8.30. The van der Waals surface area contributed by atoms with Crippen LogP contribution in [-0.4, -0.2) is 38.7 Å². The molecule has 0 radical (unpaired) electrons. The summed E-state index contributed by atoms with van der Waals surface area (Å²) in [5.41, 5.74) is 3.03. The van der Waals surface area contributed by atoms with Crippen LogP contribution in [0.1, 0.15) is 35.4 Å². The lowest BCUT2D eigenvalue weighted by Gasteiger charge is -2.36. The Bertz CT molecular complexity index is 1220. The molecule has 2 N–H and O–H groups in total. The first-order chi connectivity index (χ1) is 16.2. The molecule has 4 heterocycles. The first-order valence-electron chi connectivity index (χ1n) is 11.0. The van der Waals surface area contributed by atoms with Gasteiger partial charge in [-0.05, 0) is 37.3 Å². The summed E-state index contributed by atoms with van der Waals surface area (Å²) >= 11 is 0. The average Bonchev–Trinajstić information content (AvgIpc) is 3.51. The number of anilines is 3. The number of carbonyl (C=O) groups is 1. The number of nitrogens with zero attached hydrogens (tertiary/aromatic N) is 5. The number of likely N-dealkylation sites (N-methyl/N-ethyl adjacent to an activating group) is 1. The smallest absolute Gasteiger partial charge is 0.366 e. The molecule has 1 aliphatic carbocycles. The van der Waals surface area contributed by atoms with Crippen LogP contribution in [0.4, 0.5) is 30.4 Å². The van der Waals surface area contributed by atoms with Gasteiger partial charge in [-0.15, -0.1) is 0 Å². The number of hydrogen-bond donors (Lipinski definition) is 2. The van der Waals surface area contributed by atoms with Crippen molar-refractivity contribution in [2.24, 2.45) is 5.92 Å². The molecule has 0 saturated heterocycles. The van der Waals surface area contributed by atoms with E-state index in [1.807, 2.05) is 31.1 Å². The second-order valence-electron chi connectivity index (χ2n) is 8.82. The predicted octanol–water partition coefficient (Wildman–Crippen LogP) is 3.83. The topological polar surface area (TPSA) is 88.0 Å². The van der Waals surface area contributed by atoms with Crippen molar-refractivity contribution < 1.29 is 18.0 Å². The molecule has 11 heteroatoms. The number of hydrogen-bond acceptors (Lipinski definition) is 6. The van der Waals surface area contributed by atoms with Gasteiger partial charge in [0.2, 0.25) is 5.91 Å². The van der Waals surface area contributed by atoms with Crippen LogP contribution >= 0.6 is 0 Å². The molecule has 1 aliphatic heterocycles. The molecule has 5 rings (SSSR count). The fraction of sp³-hybridized carbons (Fsp3) is 0.391. The van der Waals surface area contributed by atoms with Gasteiger partial charge >= 0.3 is 6.18 Å². The molecule has 3 aromatic rings. The third-order valence-electron chi connectivity index (χ3n) is 6.18. The van der Waals surface area contributed by atoms with Gasteiger partial charge in [-0.25, -0.2) is 4.98 Å². The third kappa shape index (κ3) is 4.42. The van der Waals surface area contributed by atoms with Crippen molar-refractivity contribution in [2.45, 2.75) is 45.1 Å². The van der Waals surface area contributed by atoms with Crippen LogP contribution in [0, 0.1) is 12.8 Å². The molecular weight excluding hydrogens is 447 g/mol. The van der Waals surface area contributed by atoms with E-state index >= 15 is 0 Å². The van der Waals surface area contributed by atoms with Gasteiger partial charge in [0.25, 0.3) is 0 Å². The number of pyridine rings is 2. The zero-order valence-corrected chi connectivity index (χ0v) is 18.7. The summed E-state index contributed by atoms with van der Waals surface area (Å²) in [7, 11) is 1.95. The van der Waals surface area contributed by atoms with Gasteiger partial charge < -0.3 is 15.5 Å². The lowest BCUT2D eigenvalue weighted by atomic mass is 10.0. The maximum Gasteiger partial charge on any atom is 0.433 e. The molecule has 34 heavy (non-hydrogen) atoms. The molecular formula is C23H24F3N7O. The molecule has 1 amide bonds. The van der Waals surface area contributed by atoms with Gasteiger partial charge in [-0.1, -0.05) is 6.07 Å². The zero-order valence-electron chi connectivity index (χ0n) is 18.7. The van der Waals surface area contributed by atoms with Gasteiger partial charge in [0, 0.05) is 37.6 Å². The van der Waals surface area contributed by atoms with E-state index in [9.17, 15) is 18.0 Å². The molecule has 1 unspecified atom stereocenters. The summed E-state index contributed by atoms with van der Waals surface area (Å²) < 4.78 is 39.7. The van der Waals surface area contributed by atoms with E-state index < -0.39 is 11.9 Å². The van der Waals surface area contributed by atoms with Crippen molar-refractivity contribution in [3.63, 3.8) is 0 Å². The largest absolute Gasteiger partial charge is 0.433 e. The quantitative estimate of drug-likeness (QED) is 0.568. The first kappa shape index (κ1) is 22.2. The molecule has 1 fully saturated rings. The van der Waals surface area contributed by atoms with Crippen molar-refractivity contribution in [3.05, 3.63) is 59.3 Å². The lowest BCUT2D eigenvalue weighted by molar-refractivity contribution is -0.141. The molecule has 0 aromatic carbocycles. The van der Waals surface area contributed by atoms with E-state index in [1.54, 1.807) is 10.9 Å². The van der Waals surface area contributed by atoms with Gasteiger partial charge in [-0.3, -0.25) is 14.5 Å². The minimum atomic E-state index is -4.45. The molecule has 2 aliphatic rings. The highest BCUT2D eigenvalue weighted by molar-refractivity contribution is 6.04. The Morgan fingerprint density at radius 3 is 2.68 bits per heavy atom. The van der Waals surface area contributed by atoms with Gasteiger partial charge in [0.05, 0.1) is 29.8 Å². The van der Waals surface area contributed by atoms with Crippen LogP contribution in [0.3, 0.4) is 0 Å². The molecule has 3 aromatic heterocycles.